The Morgan fingerprint density at radius 1 is 1.12 bits per heavy atom. The van der Waals surface area contributed by atoms with Crippen molar-refractivity contribution in [2.24, 2.45) is 5.92 Å². The fraction of sp³-hybridized carbons (Fsp3) is 0.421. The van der Waals surface area contributed by atoms with E-state index in [0.29, 0.717) is 12.8 Å². The lowest BCUT2D eigenvalue weighted by Gasteiger charge is -2.31. The number of para-hydroxylation sites is 1. The molecule has 1 N–H and O–H groups in total. The number of hydrogen-bond acceptors (Lipinski definition) is 5. The number of hydrogen-bond donors (Lipinski definition) is 1. The number of aliphatic carboxylic acids is 1. The van der Waals surface area contributed by atoms with Gasteiger partial charge in [0, 0.05) is 31.4 Å². The van der Waals surface area contributed by atoms with Gasteiger partial charge in [0.2, 0.25) is 0 Å². The lowest BCUT2D eigenvalue weighted by atomic mass is 9.97. The first-order chi connectivity index (χ1) is 12.1. The molecular formula is C19H22N4O2. The molecule has 2 aliphatic rings. The zero-order valence-electron chi connectivity index (χ0n) is 14.4. The van der Waals surface area contributed by atoms with Crippen LogP contribution in [-0.4, -0.2) is 40.7 Å². The van der Waals surface area contributed by atoms with Crippen molar-refractivity contribution in [2.45, 2.75) is 26.2 Å². The Morgan fingerprint density at radius 2 is 1.84 bits per heavy atom. The SMILES string of the molecule is Cc1nc(N2CCC(C(=O)O)CC2)cc(N2CCc3ccccc32)n1. The Morgan fingerprint density at radius 3 is 2.60 bits per heavy atom. The highest BCUT2D eigenvalue weighted by molar-refractivity contribution is 5.71. The number of nitrogens with zero attached hydrogens (tertiary/aromatic N) is 4. The van der Waals surface area contributed by atoms with Gasteiger partial charge in [-0.05, 0) is 37.8 Å². The molecular weight excluding hydrogens is 316 g/mol. The number of carboxylic acids is 1. The van der Waals surface area contributed by atoms with E-state index in [-0.39, 0.29) is 5.92 Å². The highest BCUT2D eigenvalue weighted by Crippen LogP contribution is 2.34. The molecule has 0 saturated carbocycles. The van der Waals surface area contributed by atoms with Crippen molar-refractivity contribution < 1.29 is 9.90 Å². The summed E-state index contributed by atoms with van der Waals surface area (Å²) in [6.45, 7) is 4.29. The quantitative estimate of drug-likeness (QED) is 0.928. The fourth-order valence-corrected chi connectivity index (χ4v) is 3.77. The Kier molecular flexibility index (Phi) is 4.03. The summed E-state index contributed by atoms with van der Waals surface area (Å²) in [5, 5.41) is 9.17. The molecule has 0 aliphatic carbocycles. The minimum Gasteiger partial charge on any atom is -0.481 e. The predicted octanol–water partition coefficient (Wildman–Crippen LogP) is 2.78. The average Bonchev–Trinajstić information content (AvgIpc) is 3.05. The molecule has 0 amide bonds. The zero-order chi connectivity index (χ0) is 17.4. The van der Waals surface area contributed by atoms with Gasteiger partial charge in [0.1, 0.15) is 17.5 Å². The second-order valence-corrected chi connectivity index (χ2v) is 6.76. The summed E-state index contributed by atoms with van der Waals surface area (Å²) < 4.78 is 0. The molecule has 6 heteroatoms. The zero-order valence-corrected chi connectivity index (χ0v) is 14.4. The Balaban J connectivity index is 1.59. The summed E-state index contributed by atoms with van der Waals surface area (Å²) in [7, 11) is 0. The predicted molar refractivity (Wildman–Crippen MR) is 96.5 cm³/mol. The van der Waals surface area contributed by atoms with E-state index in [1.165, 1.54) is 11.3 Å². The van der Waals surface area contributed by atoms with Crippen molar-refractivity contribution in [3.8, 4) is 0 Å². The number of aryl methyl sites for hydroxylation is 1. The van der Waals surface area contributed by atoms with E-state index in [4.69, 9.17) is 5.11 Å². The molecule has 0 atom stereocenters. The smallest absolute Gasteiger partial charge is 0.306 e. The molecule has 1 aromatic heterocycles. The molecule has 0 radical (unpaired) electrons. The second-order valence-electron chi connectivity index (χ2n) is 6.76. The van der Waals surface area contributed by atoms with Crippen LogP contribution in [0.25, 0.3) is 0 Å². The van der Waals surface area contributed by atoms with Crippen molar-refractivity contribution >= 4 is 23.3 Å². The summed E-state index contributed by atoms with van der Waals surface area (Å²) in [4.78, 5) is 24.8. The highest BCUT2D eigenvalue weighted by Gasteiger charge is 2.27. The molecule has 0 unspecified atom stereocenters. The van der Waals surface area contributed by atoms with Gasteiger partial charge in [0.05, 0.1) is 5.92 Å². The average molecular weight is 338 g/mol. The van der Waals surface area contributed by atoms with E-state index in [2.05, 4.69) is 44.0 Å². The molecule has 1 saturated heterocycles. The van der Waals surface area contributed by atoms with Crippen molar-refractivity contribution in [3.05, 3.63) is 41.7 Å². The molecule has 1 aromatic carbocycles. The first-order valence-corrected chi connectivity index (χ1v) is 8.81. The van der Waals surface area contributed by atoms with E-state index < -0.39 is 5.97 Å². The van der Waals surface area contributed by atoms with Gasteiger partial charge in [-0.3, -0.25) is 4.79 Å². The summed E-state index contributed by atoms with van der Waals surface area (Å²) in [6.07, 6.45) is 2.36. The Bertz CT molecular complexity index is 800. The van der Waals surface area contributed by atoms with Gasteiger partial charge in [-0.2, -0.15) is 0 Å². The van der Waals surface area contributed by atoms with Gasteiger partial charge in [0.25, 0.3) is 0 Å². The molecule has 0 spiro atoms. The second kappa shape index (κ2) is 6.35. The molecule has 4 rings (SSSR count). The summed E-state index contributed by atoms with van der Waals surface area (Å²) in [5.41, 5.74) is 2.57. The molecule has 2 aromatic rings. The van der Waals surface area contributed by atoms with Crippen molar-refractivity contribution in [1.29, 1.82) is 0 Å². The maximum atomic E-state index is 11.1. The molecule has 3 heterocycles. The van der Waals surface area contributed by atoms with Crippen molar-refractivity contribution in [1.82, 2.24) is 9.97 Å². The standard InChI is InChI=1S/C19H22N4O2/c1-13-20-17(22-9-6-15(7-10-22)19(24)25)12-18(21-13)23-11-8-14-4-2-3-5-16(14)23/h2-5,12,15H,6-11H2,1H3,(H,24,25). The number of aromatic nitrogens is 2. The van der Waals surface area contributed by atoms with Gasteiger partial charge in [-0.25, -0.2) is 9.97 Å². The summed E-state index contributed by atoms with van der Waals surface area (Å²) >= 11 is 0. The molecule has 25 heavy (non-hydrogen) atoms. The van der Waals surface area contributed by atoms with Gasteiger partial charge in [-0.15, -0.1) is 0 Å². The van der Waals surface area contributed by atoms with Crippen LogP contribution in [0.3, 0.4) is 0 Å². The largest absolute Gasteiger partial charge is 0.481 e. The van der Waals surface area contributed by atoms with Crippen LogP contribution >= 0.6 is 0 Å². The molecule has 130 valence electrons. The summed E-state index contributed by atoms with van der Waals surface area (Å²) in [6, 6.07) is 10.5. The van der Waals surface area contributed by atoms with Gasteiger partial charge in [0.15, 0.2) is 0 Å². The van der Waals surface area contributed by atoms with Crippen LogP contribution in [0.15, 0.2) is 30.3 Å². The minimum atomic E-state index is -0.687. The van der Waals surface area contributed by atoms with Crippen LogP contribution in [0.1, 0.15) is 24.2 Å². The van der Waals surface area contributed by atoms with E-state index in [1.807, 2.05) is 13.0 Å². The van der Waals surface area contributed by atoms with Crippen LogP contribution in [0.2, 0.25) is 0 Å². The lowest BCUT2D eigenvalue weighted by molar-refractivity contribution is -0.142. The highest BCUT2D eigenvalue weighted by atomic mass is 16.4. The first kappa shape index (κ1) is 15.9. The van der Waals surface area contributed by atoms with Crippen LogP contribution in [-0.2, 0) is 11.2 Å². The Hall–Kier alpha value is -2.63. The van der Waals surface area contributed by atoms with Gasteiger partial charge >= 0.3 is 5.97 Å². The number of carbonyl (C=O) groups is 1. The molecule has 0 bridgehead atoms. The molecule has 1 fully saturated rings. The fourth-order valence-electron chi connectivity index (χ4n) is 3.77. The topological polar surface area (TPSA) is 69.6 Å². The first-order valence-electron chi connectivity index (χ1n) is 8.81. The van der Waals surface area contributed by atoms with Gasteiger partial charge in [-0.1, -0.05) is 18.2 Å². The van der Waals surface area contributed by atoms with E-state index in [0.717, 1.165) is 43.5 Å². The van der Waals surface area contributed by atoms with Crippen LogP contribution in [0.5, 0.6) is 0 Å². The van der Waals surface area contributed by atoms with E-state index in [9.17, 15) is 4.79 Å². The lowest BCUT2D eigenvalue weighted by Crippen LogP contribution is -2.37. The number of benzene rings is 1. The van der Waals surface area contributed by atoms with E-state index in [1.54, 1.807) is 0 Å². The molecule has 2 aliphatic heterocycles. The third-order valence-corrected chi connectivity index (χ3v) is 5.14. The third-order valence-electron chi connectivity index (χ3n) is 5.14. The van der Waals surface area contributed by atoms with Crippen LogP contribution in [0.4, 0.5) is 17.3 Å². The van der Waals surface area contributed by atoms with Gasteiger partial charge < -0.3 is 14.9 Å². The van der Waals surface area contributed by atoms with Crippen LogP contribution < -0.4 is 9.80 Å². The normalized spacial score (nSPS) is 17.6. The van der Waals surface area contributed by atoms with Crippen molar-refractivity contribution in [3.63, 3.8) is 0 Å². The van der Waals surface area contributed by atoms with Crippen LogP contribution in [0, 0.1) is 12.8 Å². The van der Waals surface area contributed by atoms with E-state index >= 15 is 0 Å². The number of piperidine rings is 1. The number of carboxylic acid groups (broad SMARTS) is 1. The number of rotatable bonds is 3. The molecule has 6 nitrogen and oxygen atoms in total. The summed E-state index contributed by atoms with van der Waals surface area (Å²) in [5.74, 6) is 1.65. The van der Waals surface area contributed by atoms with Crippen molar-refractivity contribution in [2.75, 3.05) is 29.4 Å². The maximum absolute atomic E-state index is 11.1. The monoisotopic (exact) mass is 338 g/mol. The number of fused-ring (bicyclic) bond motifs is 1. The minimum absolute atomic E-state index is 0.232. The maximum Gasteiger partial charge on any atom is 0.306 e. The number of anilines is 3. The Labute approximate surface area is 147 Å². The third kappa shape index (κ3) is 3.04.